The van der Waals surface area contributed by atoms with Crippen molar-refractivity contribution in [1.82, 2.24) is 0 Å². The summed E-state index contributed by atoms with van der Waals surface area (Å²) in [5, 5.41) is 13.3. The molecule has 1 saturated carbocycles. The Morgan fingerprint density at radius 1 is 1.39 bits per heavy atom. The monoisotopic (exact) mass is 268 g/mol. The Hall–Kier alpha value is -0.930. The van der Waals surface area contributed by atoms with Crippen molar-refractivity contribution in [3.05, 3.63) is 22.7 Å². The summed E-state index contributed by atoms with van der Waals surface area (Å²) in [6, 6.07) is 3.78. The van der Waals surface area contributed by atoms with Crippen LogP contribution < -0.4 is 11.1 Å². The van der Waals surface area contributed by atoms with Crippen molar-refractivity contribution in [3.63, 3.8) is 0 Å². The maximum absolute atomic E-state index is 9.30. The molecule has 100 valence electrons. The van der Waals surface area contributed by atoms with Crippen LogP contribution in [-0.4, -0.2) is 18.3 Å². The van der Waals surface area contributed by atoms with Gasteiger partial charge in [0.05, 0.1) is 10.7 Å². The number of hydrogen-bond acceptors (Lipinski definition) is 3. The molecule has 2 rings (SSSR count). The average molecular weight is 269 g/mol. The van der Waals surface area contributed by atoms with Crippen molar-refractivity contribution in [2.75, 3.05) is 24.2 Å². The van der Waals surface area contributed by atoms with Crippen LogP contribution in [0, 0.1) is 18.8 Å². The number of nitrogens with two attached hydrogens (primary N) is 1. The number of aryl methyl sites for hydroxylation is 1. The summed E-state index contributed by atoms with van der Waals surface area (Å²) in [7, 11) is 0. The van der Waals surface area contributed by atoms with E-state index in [2.05, 4.69) is 5.32 Å². The van der Waals surface area contributed by atoms with Gasteiger partial charge in [-0.15, -0.1) is 0 Å². The molecule has 0 heterocycles. The summed E-state index contributed by atoms with van der Waals surface area (Å²) >= 11 is 6.03. The highest BCUT2D eigenvalue weighted by molar-refractivity contribution is 6.33. The number of benzene rings is 1. The highest BCUT2D eigenvalue weighted by atomic mass is 35.5. The molecule has 0 saturated heterocycles. The first-order chi connectivity index (χ1) is 8.61. The molecular formula is C14H21ClN2O. The van der Waals surface area contributed by atoms with Gasteiger partial charge in [0.2, 0.25) is 0 Å². The Morgan fingerprint density at radius 2 is 2.11 bits per heavy atom. The zero-order valence-corrected chi connectivity index (χ0v) is 11.5. The van der Waals surface area contributed by atoms with Crippen LogP contribution in [-0.2, 0) is 0 Å². The van der Waals surface area contributed by atoms with Gasteiger partial charge in [0.1, 0.15) is 0 Å². The number of rotatable bonds is 4. The topological polar surface area (TPSA) is 58.3 Å². The Kier molecular flexibility index (Phi) is 4.36. The van der Waals surface area contributed by atoms with Crippen molar-refractivity contribution < 1.29 is 5.11 Å². The van der Waals surface area contributed by atoms with Gasteiger partial charge in [-0.25, -0.2) is 0 Å². The Bertz CT molecular complexity index is 423. The molecule has 1 aliphatic rings. The second kappa shape index (κ2) is 5.81. The van der Waals surface area contributed by atoms with E-state index in [4.69, 9.17) is 17.3 Å². The fourth-order valence-corrected chi connectivity index (χ4v) is 2.92. The number of hydrogen-bond donors (Lipinski definition) is 3. The zero-order chi connectivity index (χ0) is 13.1. The third-order valence-corrected chi connectivity index (χ3v) is 4.28. The van der Waals surface area contributed by atoms with Crippen molar-refractivity contribution in [2.24, 2.45) is 11.8 Å². The molecule has 2 atom stereocenters. The third-order valence-electron chi connectivity index (χ3n) is 3.95. The lowest BCUT2D eigenvalue weighted by Crippen LogP contribution is -2.21. The van der Waals surface area contributed by atoms with Crippen molar-refractivity contribution >= 4 is 23.0 Å². The molecule has 0 spiro atoms. The summed E-state index contributed by atoms with van der Waals surface area (Å²) in [6.45, 7) is 3.22. The lowest BCUT2D eigenvalue weighted by Gasteiger charge is -2.19. The third kappa shape index (κ3) is 2.90. The van der Waals surface area contributed by atoms with E-state index in [0.29, 0.717) is 29.2 Å². The van der Waals surface area contributed by atoms with Gasteiger partial charge >= 0.3 is 0 Å². The first kappa shape index (κ1) is 13.5. The molecule has 0 aliphatic heterocycles. The summed E-state index contributed by atoms with van der Waals surface area (Å²) in [5.74, 6) is 1.01. The van der Waals surface area contributed by atoms with E-state index in [-0.39, 0.29) is 0 Å². The normalized spacial score (nSPS) is 23.3. The van der Waals surface area contributed by atoms with E-state index < -0.39 is 0 Å². The molecule has 2 unspecified atom stereocenters. The predicted octanol–water partition coefficient (Wildman–Crippen LogP) is 3.05. The first-order valence-corrected chi connectivity index (χ1v) is 6.90. The van der Waals surface area contributed by atoms with Gasteiger partial charge in [0, 0.05) is 18.8 Å². The predicted molar refractivity (Wildman–Crippen MR) is 77.0 cm³/mol. The summed E-state index contributed by atoms with van der Waals surface area (Å²) in [6.07, 6.45) is 3.56. The van der Waals surface area contributed by atoms with Crippen molar-refractivity contribution in [2.45, 2.75) is 26.2 Å². The van der Waals surface area contributed by atoms with Crippen LogP contribution in [0.5, 0.6) is 0 Å². The molecule has 4 N–H and O–H groups in total. The van der Waals surface area contributed by atoms with E-state index in [1.807, 2.05) is 19.1 Å². The molecular weight excluding hydrogens is 248 g/mol. The highest BCUT2D eigenvalue weighted by Gasteiger charge is 2.26. The van der Waals surface area contributed by atoms with Gasteiger partial charge in [-0.05, 0) is 49.3 Å². The van der Waals surface area contributed by atoms with Crippen molar-refractivity contribution in [1.29, 1.82) is 0 Å². The van der Waals surface area contributed by atoms with E-state index >= 15 is 0 Å². The first-order valence-electron chi connectivity index (χ1n) is 6.52. The summed E-state index contributed by atoms with van der Waals surface area (Å²) in [4.78, 5) is 0. The number of nitrogens with one attached hydrogen (secondary N) is 1. The van der Waals surface area contributed by atoms with E-state index in [9.17, 15) is 5.11 Å². The number of halogens is 1. The van der Waals surface area contributed by atoms with Crippen LogP contribution in [0.3, 0.4) is 0 Å². The van der Waals surface area contributed by atoms with Crippen LogP contribution in [0.4, 0.5) is 11.4 Å². The lowest BCUT2D eigenvalue weighted by molar-refractivity contribution is 0.199. The minimum absolute atomic E-state index is 0.299. The average Bonchev–Trinajstić information content (AvgIpc) is 2.79. The quantitative estimate of drug-likeness (QED) is 0.736. The largest absolute Gasteiger partial charge is 0.398 e. The van der Waals surface area contributed by atoms with E-state index in [1.54, 1.807) is 0 Å². The summed E-state index contributed by atoms with van der Waals surface area (Å²) < 4.78 is 0. The standard InChI is InChI=1S/C14H21ClN2O/c1-9-5-13(16)12(15)6-14(9)17-7-10-3-2-4-11(10)8-18/h5-6,10-11,17-18H,2-4,7-8,16H2,1H3. The molecule has 1 aromatic rings. The molecule has 0 bridgehead atoms. The molecule has 0 amide bonds. The molecule has 18 heavy (non-hydrogen) atoms. The molecule has 0 radical (unpaired) electrons. The molecule has 3 nitrogen and oxygen atoms in total. The fraction of sp³-hybridized carbons (Fsp3) is 0.571. The van der Waals surface area contributed by atoms with E-state index in [0.717, 1.165) is 24.2 Å². The van der Waals surface area contributed by atoms with Gasteiger partial charge in [-0.3, -0.25) is 0 Å². The van der Waals surface area contributed by atoms with Crippen LogP contribution in [0.2, 0.25) is 5.02 Å². The van der Waals surface area contributed by atoms with Crippen LogP contribution in [0.25, 0.3) is 0 Å². The van der Waals surface area contributed by atoms with Gasteiger partial charge in [-0.1, -0.05) is 18.0 Å². The summed E-state index contributed by atoms with van der Waals surface area (Å²) in [5.41, 5.74) is 8.52. The number of nitrogen functional groups attached to an aromatic ring is 1. The number of aliphatic hydroxyl groups excluding tert-OH is 1. The Balaban J connectivity index is 2.00. The van der Waals surface area contributed by atoms with Gasteiger partial charge < -0.3 is 16.2 Å². The second-order valence-electron chi connectivity index (χ2n) is 5.20. The van der Waals surface area contributed by atoms with Crippen LogP contribution in [0.15, 0.2) is 12.1 Å². The zero-order valence-electron chi connectivity index (χ0n) is 10.7. The molecule has 1 fully saturated rings. The number of aliphatic hydroxyl groups is 1. The minimum atomic E-state index is 0.299. The van der Waals surface area contributed by atoms with E-state index in [1.165, 1.54) is 12.8 Å². The highest BCUT2D eigenvalue weighted by Crippen LogP contribution is 2.32. The van der Waals surface area contributed by atoms with Crippen LogP contribution >= 0.6 is 11.6 Å². The second-order valence-corrected chi connectivity index (χ2v) is 5.61. The molecule has 1 aromatic carbocycles. The smallest absolute Gasteiger partial charge is 0.0656 e. The van der Waals surface area contributed by atoms with Gasteiger partial charge in [0.25, 0.3) is 0 Å². The van der Waals surface area contributed by atoms with Crippen molar-refractivity contribution in [3.8, 4) is 0 Å². The fourth-order valence-electron chi connectivity index (χ4n) is 2.76. The molecule has 1 aliphatic carbocycles. The lowest BCUT2D eigenvalue weighted by atomic mass is 9.97. The van der Waals surface area contributed by atoms with Gasteiger partial charge in [0.15, 0.2) is 0 Å². The van der Waals surface area contributed by atoms with Crippen LogP contribution in [0.1, 0.15) is 24.8 Å². The maximum Gasteiger partial charge on any atom is 0.0656 e. The Morgan fingerprint density at radius 3 is 2.83 bits per heavy atom. The SMILES string of the molecule is Cc1cc(N)c(Cl)cc1NCC1CCCC1CO. The number of anilines is 2. The van der Waals surface area contributed by atoms with Gasteiger partial charge in [-0.2, -0.15) is 0 Å². The maximum atomic E-state index is 9.30. The Labute approximate surface area is 113 Å². The minimum Gasteiger partial charge on any atom is -0.398 e. The molecule has 4 heteroatoms. The molecule has 0 aromatic heterocycles.